The Morgan fingerprint density at radius 3 is 2.75 bits per heavy atom. The van der Waals surface area contributed by atoms with Crippen molar-refractivity contribution in [1.29, 1.82) is 0 Å². The average Bonchev–Trinajstić information content (AvgIpc) is 3.25. The van der Waals surface area contributed by atoms with Crippen LogP contribution in [0.15, 0.2) is 29.3 Å². The van der Waals surface area contributed by atoms with Gasteiger partial charge in [0.25, 0.3) is 0 Å². The van der Waals surface area contributed by atoms with Crippen molar-refractivity contribution in [1.82, 2.24) is 4.90 Å². The number of anilines is 1. The van der Waals surface area contributed by atoms with Crippen LogP contribution < -0.4 is 15.8 Å². The molecule has 24 heavy (non-hydrogen) atoms. The number of para-hydroxylation sites is 2. The van der Waals surface area contributed by atoms with Crippen LogP contribution in [0.4, 0.5) is 18.9 Å². The van der Waals surface area contributed by atoms with E-state index in [-0.39, 0.29) is 17.4 Å². The lowest BCUT2D eigenvalue weighted by molar-refractivity contribution is -0.274. The Hall–Kier alpha value is -1.96. The van der Waals surface area contributed by atoms with Gasteiger partial charge in [0.15, 0.2) is 11.7 Å². The standard InChI is InChI=1S/C16H21F3N4O/c17-16(18,19)24-14-4-2-1-3-13(14)22-15(20)21-9-11-7-8-23(10-11)12-5-6-12/h1-4,11-12H,5-10H2,(H3,20,21,22). The number of nitrogens with zero attached hydrogens (tertiary/aromatic N) is 2. The Morgan fingerprint density at radius 1 is 1.29 bits per heavy atom. The normalized spacial score (nSPS) is 22.6. The Labute approximate surface area is 138 Å². The molecule has 1 aromatic rings. The average molecular weight is 342 g/mol. The Balaban J connectivity index is 1.55. The van der Waals surface area contributed by atoms with Gasteiger partial charge in [0, 0.05) is 19.1 Å². The predicted molar refractivity (Wildman–Crippen MR) is 85.9 cm³/mol. The van der Waals surface area contributed by atoms with Gasteiger partial charge in [-0.1, -0.05) is 12.1 Å². The second kappa shape index (κ2) is 6.88. The number of halogens is 3. The van der Waals surface area contributed by atoms with E-state index >= 15 is 0 Å². The van der Waals surface area contributed by atoms with Crippen molar-refractivity contribution >= 4 is 11.6 Å². The van der Waals surface area contributed by atoms with Crippen molar-refractivity contribution in [3.8, 4) is 5.75 Å². The molecule has 3 N–H and O–H groups in total. The molecule has 1 unspecified atom stereocenters. The highest BCUT2D eigenvalue weighted by Crippen LogP contribution is 2.32. The monoisotopic (exact) mass is 342 g/mol. The largest absolute Gasteiger partial charge is 0.573 e. The minimum Gasteiger partial charge on any atom is -0.404 e. The molecule has 5 nitrogen and oxygen atoms in total. The maximum Gasteiger partial charge on any atom is 0.573 e. The first-order chi connectivity index (χ1) is 11.4. The van der Waals surface area contributed by atoms with Crippen LogP contribution in [0.3, 0.4) is 0 Å². The van der Waals surface area contributed by atoms with E-state index in [1.807, 2.05) is 0 Å². The van der Waals surface area contributed by atoms with Gasteiger partial charge in [-0.2, -0.15) is 0 Å². The van der Waals surface area contributed by atoms with Crippen LogP contribution in [0.25, 0.3) is 0 Å². The number of nitrogens with two attached hydrogens (primary N) is 1. The van der Waals surface area contributed by atoms with Gasteiger partial charge in [-0.3, -0.25) is 4.99 Å². The molecule has 132 valence electrons. The van der Waals surface area contributed by atoms with Gasteiger partial charge in [-0.05, 0) is 43.9 Å². The number of likely N-dealkylation sites (tertiary alicyclic amines) is 1. The van der Waals surface area contributed by atoms with Gasteiger partial charge in [-0.25, -0.2) is 0 Å². The van der Waals surface area contributed by atoms with Crippen molar-refractivity contribution in [2.24, 2.45) is 16.6 Å². The molecule has 1 atom stereocenters. The van der Waals surface area contributed by atoms with Crippen molar-refractivity contribution in [2.75, 3.05) is 25.0 Å². The lowest BCUT2D eigenvalue weighted by Gasteiger charge is -2.15. The van der Waals surface area contributed by atoms with Gasteiger partial charge < -0.3 is 20.7 Å². The number of alkyl halides is 3. The number of guanidine groups is 1. The molecule has 1 aliphatic carbocycles. The topological polar surface area (TPSA) is 62.9 Å². The highest BCUT2D eigenvalue weighted by Gasteiger charge is 2.34. The molecule has 1 heterocycles. The van der Waals surface area contributed by atoms with Crippen LogP contribution in [-0.4, -0.2) is 42.9 Å². The van der Waals surface area contributed by atoms with E-state index in [9.17, 15) is 13.2 Å². The quantitative estimate of drug-likeness (QED) is 0.638. The first-order valence-electron chi connectivity index (χ1n) is 8.06. The van der Waals surface area contributed by atoms with Crippen LogP contribution in [0.5, 0.6) is 5.75 Å². The molecule has 2 aliphatic rings. The fraction of sp³-hybridized carbons (Fsp3) is 0.562. The molecular weight excluding hydrogens is 321 g/mol. The Bertz CT molecular complexity index is 601. The summed E-state index contributed by atoms with van der Waals surface area (Å²) in [4.78, 5) is 6.76. The number of nitrogens with one attached hydrogen (secondary N) is 1. The molecule has 2 fully saturated rings. The number of benzene rings is 1. The van der Waals surface area contributed by atoms with Gasteiger partial charge in [0.2, 0.25) is 0 Å². The number of hydrogen-bond donors (Lipinski definition) is 2. The van der Waals surface area contributed by atoms with E-state index in [0.717, 1.165) is 25.6 Å². The molecule has 1 saturated heterocycles. The van der Waals surface area contributed by atoms with E-state index in [1.54, 1.807) is 6.07 Å². The second-order valence-corrected chi connectivity index (χ2v) is 6.28. The van der Waals surface area contributed by atoms with Crippen LogP contribution >= 0.6 is 0 Å². The summed E-state index contributed by atoms with van der Waals surface area (Å²) in [5, 5.41) is 2.69. The number of aliphatic imine (C=N–C) groups is 1. The summed E-state index contributed by atoms with van der Waals surface area (Å²) in [5.41, 5.74) is 5.95. The van der Waals surface area contributed by atoms with Gasteiger partial charge >= 0.3 is 6.36 Å². The van der Waals surface area contributed by atoms with Crippen molar-refractivity contribution in [3.63, 3.8) is 0 Å². The van der Waals surface area contributed by atoms with Crippen molar-refractivity contribution < 1.29 is 17.9 Å². The fourth-order valence-corrected chi connectivity index (χ4v) is 2.97. The third-order valence-electron chi connectivity index (χ3n) is 4.28. The summed E-state index contributed by atoms with van der Waals surface area (Å²) < 4.78 is 41.2. The molecule has 0 spiro atoms. The number of ether oxygens (including phenoxy) is 1. The zero-order chi connectivity index (χ0) is 17.2. The van der Waals surface area contributed by atoms with E-state index in [1.165, 1.54) is 31.0 Å². The molecule has 1 saturated carbocycles. The lowest BCUT2D eigenvalue weighted by atomic mass is 10.1. The van der Waals surface area contributed by atoms with Crippen LogP contribution in [-0.2, 0) is 0 Å². The van der Waals surface area contributed by atoms with E-state index in [4.69, 9.17) is 5.73 Å². The summed E-state index contributed by atoms with van der Waals surface area (Å²) in [6.45, 7) is 2.69. The Kier molecular flexibility index (Phi) is 4.84. The molecule has 1 aromatic carbocycles. The maximum atomic E-state index is 12.4. The van der Waals surface area contributed by atoms with Crippen molar-refractivity contribution in [3.05, 3.63) is 24.3 Å². The Morgan fingerprint density at radius 2 is 2.04 bits per heavy atom. The van der Waals surface area contributed by atoms with Crippen LogP contribution in [0, 0.1) is 5.92 Å². The minimum absolute atomic E-state index is 0.0955. The summed E-state index contributed by atoms with van der Waals surface area (Å²) >= 11 is 0. The lowest BCUT2D eigenvalue weighted by Crippen LogP contribution is -2.26. The third-order valence-corrected chi connectivity index (χ3v) is 4.28. The first-order valence-corrected chi connectivity index (χ1v) is 8.06. The summed E-state index contributed by atoms with van der Waals surface area (Å²) in [5.74, 6) is 0.217. The SMILES string of the molecule is NC(=NCC1CCN(C2CC2)C1)Nc1ccccc1OC(F)(F)F. The fourth-order valence-electron chi connectivity index (χ4n) is 2.97. The van der Waals surface area contributed by atoms with Gasteiger partial charge in [0.1, 0.15) is 0 Å². The number of hydrogen-bond acceptors (Lipinski definition) is 3. The second-order valence-electron chi connectivity index (χ2n) is 6.28. The van der Waals surface area contributed by atoms with E-state index in [2.05, 4.69) is 19.9 Å². The molecule has 8 heteroatoms. The summed E-state index contributed by atoms with van der Waals surface area (Å²) in [6, 6.07) is 6.51. The highest BCUT2D eigenvalue weighted by atomic mass is 19.4. The van der Waals surface area contributed by atoms with Gasteiger partial charge in [0.05, 0.1) is 5.69 Å². The molecule has 0 radical (unpaired) electrons. The molecule has 0 bridgehead atoms. The minimum atomic E-state index is -4.75. The zero-order valence-corrected chi connectivity index (χ0v) is 13.2. The summed E-state index contributed by atoms with van der Waals surface area (Å²) in [6.07, 6.45) is -1.09. The van der Waals surface area contributed by atoms with Crippen LogP contribution in [0.2, 0.25) is 0 Å². The highest BCUT2D eigenvalue weighted by molar-refractivity contribution is 5.93. The van der Waals surface area contributed by atoms with E-state index < -0.39 is 6.36 Å². The first kappa shape index (κ1) is 16.9. The zero-order valence-electron chi connectivity index (χ0n) is 13.2. The van der Waals surface area contributed by atoms with E-state index in [0.29, 0.717) is 12.5 Å². The molecule has 1 aliphatic heterocycles. The van der Waals surface area contributed by atoms with Crippen LogP contribution in [0.1, 0.15) is 19.3 Å². The molecule has 3 rings (SSSR count). The molecule has 0 amide bonds. The molecular formula is C16H21F3N4O. The third kappa shape index (κ3) is 4.77. The number of rotatable bonds is 5. The van der Waals surface area contributed by atoms with Gasteiger partial charge in [-0.15, -0.1) is 13.2 Å². The maximum absolute atomic E-state index is 12.4. The van der Waals surface area contributed by atoms with Crippen molar-refractivity contribution in [2.45, 2.75) is 31.7 Å². The summed E-state index contributed by atoms with van der Waals surface area (Å²) in [7, 11) is 0. The smallest absolute Gasteiger partial charge is 0.404 e. The predicted octanol–water partition coefficient (Wildman–Crippen LogP) is 2.80. The molecule has 0 aromatic heterocycles.